The first kappa shape index (κ1) is 21.5. The maximum atomic E-state index is 12.9. The first-order valence-corrected chi connectivity index (χ1v) is 10.7. The number of carbonyl (C=O) groups is 1. The zero-order chi connectivity index (χ0) is 22.6. The van der Waals surface area contributed by atoms with Crippen LogP contribution in [-0.2, 0) is 0 Å². The highest BCUT2D eigenvalue weighted by molar-refractivity contribution is 7.99. The Morgan fingerprint density at radius 2 is 1.97 bits per heavy atom. The largest absolute Gasteiger partial charge is 0.490 e. The Labute approximate surface area is 190 Å². The molecule has 0 aliphatic carbocycles. The summed E-state index contributed by atoms with van der Waals surface area (Å²) in [7, 11) is 0. The molecule has 0 saturated carbocycles. The predicted molar refractivity (Wildman–Crippen MR) is 126 cm³/mol. The van der Waals surface area contributed by atoms with Crippen molar-refractivity contribution >= 4 is 29.6 Å². The van der Waals surface area contributed by atoms with Crippen LogP contribution in [0.15, 0.2) is 71.3 Å². The lowest BCUT2D eigenvalue weighted by molar-refractivity contribution is 0.0880. The van der Waals surface area contributed by atoms with E-state index in [1.54, 1.807) is 18.3 Å². The van der Waals surface area contributed by atoms with Crippen LogP contribution in [0.5, 0.6) is 17.4 Å². The summed E-state index contributed by atoms with van der Waals surface area (Å²) < 4.78 is 19.0. The molecule has 0 bridgehead atoms. The number of rotatable bonds is 7. The molecule has 4 rings (SSSR count). The molecule has 9 heteroatoms. The monoisotopic (exact) mass is 449 g/mol. The fourth-order valence-electron chi connectivity index (χ4n) is 3.06. The number of aromatic nitrogens is 1. The van der Waals surface area contributed by atoms with E-state index in [9.17, 15) is 4.79 Å². The van der Waals surface area contributed by atoms with Crippen LogP contribution in [0.1, 0.15) is 29.8 Å². The molecule has 0 fully saturated rings. The van der Waals surface area contributed by atoms with E-state index in [4.69, 9.17) is 15.2 Å². The molecule has 1 amide bonds. The molecule has 0 spiro atoms. The van der Waals surface area contributed by atoms with Gasteiger partial charge < -0.3 is 25.2 Å². The number of amidine groups is 1. The fourth-order valence-corrected chi connectivity index (χ4v) is 3.56. The lowest BCUT2D eigenvalue weighted by atomic mass is 10.1. The average molecular weight is 450 g/mol. The summed E-state index contributed by atoms with van der Waals surface area (Å²) >= 11 is 1.17. The van der Waals surface area contributed by atoms with E-state index in [0.717, 1.165) is 5.69 Å². The van der Waals surface area contributed by atoms with E-state index >= 15 is 0 Å². The zero-order valence-electron chi connectivity index (χ0n) is 17.7. The number of anilines is 1. The third-order valence-electron chi connectivity index (χ3n) is 4.59. The van der Waals surface area contributed by atoms with Crippen LogP contribution in [0.25, 0.3) is 0 Å². The van der Waals surface area contributed by atoms with Crippen molar-refractivity contribution in [2.24, 2.45) is 10.1 Å². The van der Waals surface area contributed by atoms with Gasteiger partial charge >= 0.3 is 0 Å². The molecule has 1 aliphatic rings. The van der Waals surface area contributed by atoms with Crippen molar-refractivity contribution in [1.82, 2.24) is 10.3 Å². The standard InChI is InChI=1S/C23H23N5O3S/c1-23(2,14-30-18-10-6-9-17-20(18)21(24)28-32-27-17)26-22(29)15-11-12-25-19(13-15)31-16-7-4-3-5-8-16/h3-13,27H,14H2,1-2H3,(H2,24,28)(H,26,29). The average Bonchev–Trinajstić information content (AvgIpc) is 2.78. The molecule has 2 heterocycles. The second-order valence-electron chi connectivity index (χ2n) is 7.77. The van der Waals surface area contributed by atoms with Gasteiger partial charge in [-0.1, -0.05) is 24.3 Å². The van der Waals surface area contributed by atoms with Crippen LogP contribution >= 0.6 is 12.1 Å². The molecule has 0 radical (unpaired) electrons. The number of pyridine rings is 1. The normalized spacial score (nSPS) is 12.8. The van der Waals surface area contributed by atoms with Gasteiger partial charge in [0, 0.05) is 17.8 Å². The zero-order valence-corrected chi connectivity index (χ0v) is 18.5. The Bertz CT molecular complexity index is 1150. The molecule has 8 nitrogen and oxygen atoms in total. The minimum atomic E-state index is -0.660. The van der Waals surface area contributed by atoms with Crippen LogP contribution in [-0.4, -0.2) is 28.9 Å². The van der Waals surface area contributed by atoms with E-state index in [0.29, 0.717) is 34.3 Å². The van der Waals surface area contributed by atoms with Crippen molar-refractivity contribution < 1.29 is 14.3 Å². The van der Waals surface area contributed by atoms with E-state index in [2.05, 4.69) is 19.4 Å². The van der Waals surface area contributed by atoms with E-state index in [-0.39, 0.29) is 12.5 Å². The van der Waals surface area contributed by atoms with E-state index in [1.165, 1.54) is 12.1 Å². The Balaban J connectivity index is 1.41. The van der Waals surface area contributed by atoms with Gasteiger partial charge in [-0.3, -0.25) is 4.79 Å². The highest BCUT2D eigenvalue weighted by Crippen LogP contribution is 2.32. The molecular weight excluding hydrogens is 426 g/mol. The number of fused-ring (bicyclic) bond motifs is 1. The van der Waals surface area contributed by atoms with Gasteiger partial charge in [0.2, 0.25) is 5.88 Å². The maximum Gasteiger partial charge on any atom is 0.252 e. The van der Waals surface area contributed by atoms with Gasteiger partial charge in [-0.2, -0.15) is 4.40 Å². The number of nitrogens with zero attached hydrogens (tertiary/aromatic N) is 2. The van der Waals surface area contributed by atoms with Crippen LogP contribution < -0.4 is 25.2 Å². The van der Waals surface area contributed by atoms with Gasteiger partial charge in [0.15, 0.2) is 0 Å². The molecule has 1 aromatic heterocycles. The van der Waals surface area contributed by atoms with Crippen LogP contribution in [0.4, 0.5) is 5.69 Å². The van der Waals surface area contributed by atoms with Crippen LogP contribution in [0, 0.1) is 0 Å². The highest BCUT2D eigenvalue weighted by Gasteiger charge is 2.25. The van der Waals surface area contributed by atoms with Crippen LogP contribution in [0.2, 0.25) is 0 Å². The van der Waals surface area contributed by atoms with Crippen molar-refractivity contribution in [3.63, 3.8) is 0 Å². The van der Waals surface area contributed by atoms with Crippen LogP contribution in [0.3, 0.4) is 0 Å². The SMILES string of the molecule is CC(C)(COc1cccc2c1C(N)=NSN2)NC(=O)c1ccnc(Oc2ccccc2)c1. The third kappa shape index (κ3) is 5.12. The number of nitrogens with one attached hydrogen (secondary N) is 2. The van der Waals surface area contributed by atoms with Gasteiger partial charge in [-0.05, 0) is 44.2 Å². The number of carbonyl (C=O) groups excluding carboxylic acids is 1. The minimum absolute atomic E-state index is 0.230. The number of ether oxygens (including phenoxy) is 2. The molecular formula is C23H23N5O3S. The predicted octanol–water partition coefficient (Wildman–Crippen LogP) is 4.16. The number of amides is 1. The molecule has 3 aromatic rings. The summed E-state index contributed by atoms with van der Waals surface area (Å²) in [4.78, 5) is 17.0. The number of nitrogens with two attached hydrogens (primary N) is 1. The Morgan fingerprint density at radius 1 is 1.16 bits per heavy atom. The van der Waals surface area contributed by atoms with Crippen molar-refractivity contribution in [3.8, 4) is 17.4 Å². The van der Waals surface area contributed by atoms with Crippen molar-refractivity contribution in [2.45, 2.75) is 19.4 Å². The summed E-state index contributed by atoms with van der Waals surface area (Å²) in [6.07, 6.45) is 1.54. The summed E-state index contributed by atoms with van der Waals surface area (Å²) in [6, 6.07) is 18.1. The Hall–Kier alpha value is -3.72. The molecule has 1 aliphatic heterocycles. The first-order valence-electron chi connectivity index (χ1n) is 9.94. The number of benzene rings is 2. The van der Waals surface area contributed by atoms with E-state index < -0.39 is 5.54 Å². The molecule has 2 aromatic carbocycles. The lowest BCUT2D eigenvalue weighted by Crippen LogP contribution is -2.48. The van der Waals surface area contributed by atoms with Crippen molar-refractivity contribution in [1.29, 1.82) is 0 Å². The van der Waals surface area contributed by atoms with Gasteiger partial charge in [-0.15, -0.1) is 0 Å². The molecule has 32 heavy (non-hydrogen) atoms. The highest BCUT2D eigenvalue weighted by atomic mass is 32.2. The number of hydrogen-bond acceptors (Lipinski definition) is 8. The van der Waals surface area contributed by atoms with Crippen molar-refractivity contribution in [3.05, 3.63) is 78.0 Å². The molecule has 0 saturated heterocycles. The van der Waals surface area contributed by atoms with Gasteiger partial charge in [0.1, 0.15) is 23.9 Å². The van der Waals surface area contributed by atoms with Gasteiger partial charge in [0.05, 0.1) is 28.9 Å². The van der Waals surface area contributed by atoms with Crippen molar-refractivity contribution in [2.75, 3.05) is 11.3 Å². The fraction of sp³-hybridized carbons (Fsp3) is 0.174. The molecule has 164 valence electrons. The Morgan fingerprint density at radius 3 is 2.78 bits per heavy atom. The Kier molecular flexibility index (Phi) is 6.18. The summed E-state index contributed by atoms with van der Waals surface area (Å²) in [5.74, 6) is 1.72. The third-order valence-corrected chi connectivity index (χ3v) is 5.18. The molecule has 0 unspecified atom stereocenters. The molecule has 4 N–H and O–H groups in total. The summed E-state index contributed by atoms with van der Waals surface area (Å²) in [5.41, 5.74) is 7.36. The summed E-state index contributed by atoms with van der Waals surface area (Å²) in [6.45, 7) is 4.00. The smallest absolute Gasteiger partial charge is 0.252 e. The first-order chi connectivity index (χ1) is 15.4. The topological polar surface area (TPSA) is 111 Å². The summed E-state index contributed by atoms with van der Waals surface area (Å²) in [5, 5.41) is 3.00. The second kappa shape index (κ2) is 9.19. The van der Waals surface area contributed by atoms with Gasteiger partial charge in [0.25, 0.3) is 5.91 Å². The van der Waals surface area contributed by atoms with E-state index in [1.807, 2.05) is 62.4 Å². The number of hydrogen-bond donors (Lipinski definition) is 3. The van der Waals surface area contributed by atoms with Gasteiger partial charge in [-0.25, -0.2) is 4.98 Å². The quantitative estimate of drug-likeness (QED) is 0.465. The number of para-hydroxylation sites is 1. The lowest BCUT2D eigenvalue weighted by Gasteiger charge is -2.27. The minimum Gasteiger partial charge on any atom is -0.490 e. The second-order valence-corrected chi connectivity index (χ2v) is 8.34. The molecule has 0 atom stereocenters. The maximum absolute atomic E-state index is 12.9.